The molecular weight excluding hydrogens is 268 g/mol. The van der Waals surface area contributed by atoms with Crippen LogP contribution in [-0.2, 0) is 19.5 Å². The summed E-state index contributed by atoms with van der Waals surface area (Å²) in [6.45, 7) is 3.63. The summed E-state index contributed by atoms with van der Waals surface area (Å²) in [5, 5.41) is 4.49. The maximum Gasteiger partial charge on any atom is 0.107 e. The van der Waals surface area contributed by atoms with Gasteiger partial charge in [-0.25, -0.2) is 9.97 Å². The van der Waals surface area contributed by atoms with Crippen LogP contribution in [0.5, 0.6) is 0 Å². The van der Waals surface area contributed by atoms with Crippen LogP contribution in [0, 0.1) is 0 Å². The van der Waals surface area contributed by atoms with Crippen LogP contribution in [0.3, 0.4) is 0 Å². The van der Waals surface area contributed by atoms with Gasteiger partial charge in [0.25, 0.3) is 0 Å². The van der Waals surface area contributed by atoms with E-state index in [4.69, 9.17) is 0 Å². The van der Waals surface area contributed by atoms with Crippen LogP contribution in [0.1, 0.15) is 22.5 Å². The number of hydrogen-bond acceptors (Lipinski definition) is 5. The second-order valence-electron chi connectivity index (χ2n) is 4.53. The minimum Gasteiger partial charge on any atom is -0.305 e. The number of nitrogens with one attached hydrogen (secondary N) is 1. The highest BCUT2D eigenvalue weighted by Gasteiger charge is 2.02. The van der Waals surface area contributed by atoms with E-state index in [9.17, 15) is 0 Å². The van der Waals surface area contributed by atoms with Crippen molar-refractivity contribution in [1.82, 2.24) is 20.3 Å². The largest absolute Gasteiger partial charge is 0.305 e. The zero-order valence-corrected chi connectivity index (χ0v) is 12.2. The average molecular weight is 284 g/mol. The third-order valence-electron chi connectivity index (χ3n) is 3.03. The van der Waals surface area contributed by atoms with Gasteiger partial charge in [-0.2, -0.15) is 0 Å². The van der Waals surface area contributed by atoms with Crippen LogP contribution in [0.15, 0.2) is 36.7 Å². The molecule has 1 N–H and O–H groups in total. The van der Waals surface area contributed by atoms with Gasteiger partial charge in [-0.3, -0.25) is 4.98 Å². The van der Waals surface area contributed by atoms with Gasteiger partial charge in [0.2, 0.25) is 0 Å². The number of benzene rings is 1. The molecule has 0 aliphatic rings. The standard InChI is InChI=1S/C15H16N4S/c1-2-12-9-18-15(20-12)10-16-7-11-8-17-13-5-3-4-6-14(13)19-11/h3-6,8-9,16H,2,7,10H2,1H3. The molecular formula is C15H16N4S. The lowest BCUT2D eigenvalue weighted by molar-refractivity contribution is 0.676. The van der Waals surface area contributed by atoms with Gasteiger partial charge in [-0.1, -0.05) is 19.1 Å². The fraction of sp³-hybridized carbons (Fsp3) is 0.267. The van der Waals surface area contributed by atoms with E-state index in [1.807, 2.05) is 36.7 Å². The molecule has 0 unspecified atom stereocenters. The van der Waals surface area contributed by atoms with Crippen molar-refractivity contribution in [3.63, 3.8) is 0 Å². The molecule has 4 nitrogen and oxygen atoms in total. The molecule has 0 bridgehead atoms. The summed E-state index contributed by atoms with van der Waals surface area (Å²) >= 11 is 1.76. The van der Waals surface area contributed by atoms with E-state index in [1.54, 1.807) is 11.3 Å². The van der Waals surface area contributed by atoms with E-state index >= 15 is 0 Å². The van der Waals surface area contributed by atoms with Crippen LogP contribution >= 0.6 is 11.3 Å². The van der Waals surface area contributed by atoms with Crippen molar-refractivity contribution in [2.45, 2.75) is 26.4 Å². The molecule has 0 aliphatic heterocycles. The monoisotopic (exact) mass is 284 g/mol. The molecule has 2 aromatic heterocycles. The Morgan fingerprint density at radius 1 is 1.05 bits per heavy atom. The quantitative estimate of drug-likeness (QED) is 0.782. The Balaban J connectivity index is 1.62. The van der Waals surface area contributed by atoms with Gasteiger partial charge in [0, 0.05) is 24.2 Å². The number of hydrogen-bond donors (Lipinski definition) is 1. The maximum absolute atomic E-state index is 4.59. The molecule has 0 spiro atoms. The zero-order valence-electron chi connectivity index (χ0n) is 11.3. The van der Waals surface area contributed by atoms with Gasteiger partial charge in [-0.15, -0.1) is 11.3 Å². The van der Waals surface area contributed by atoms with E-state index in [1.165, 1.54) is 4.88 Å². The number of aryl methyl sites for hydroxylation is 1. The first-order valence-electron chi connectivity index (χ1n) is 6.70. The summed E-state index contributed by atoms with van der Waals surface area (Å²) in [5.74, 6) is 0. The van der Waals surface area contributed by atoms with Crippen molar-refractivity contribution in [1.29, 1.82) is 0 Å². The molecule has 102 valence electrons. The molecule has 3 rings (SSSR count). The first kappa shape index (κ1) is 13.1. The summed E-state index contributed by atoms with van der Waals surface area (Å²) in [6, 6.07) is 7.92. The Bertz CT molecular complexity index is 708. The van der Waals surface area contributed by atoms with E-state index in [0.717, 1.165) is 34.7 Å². The summed E-state index contributed by atoms with van der Waals surface area (Å²) in [4.78, 5) is 14.7. The van der Waals surface area contributed by atoms with Gasteiger partial charge in [0.05, 0.1) is 22.9 Å². The summed E-state index contributed by atoms with van der Waals surface area (Å²) in [6.07, 6.45) is 4.83. The molecule has 0 saturated heterocycles. The Morgan fingerprint density at radius 3 is 2.70 bits per heavy atom. The summed E-state index contributed by atoms with van der Waals surface area (Å²) < 4.78 is 0. The number of thiazole rings is 1. The highest BCUT2D eigenvalue weighted by atomic mass is 32.1. The SMILES string of the molecule is CCc1cnc(CNCc2cnc3ccccc3n2)s1. The van der Waals surface area contributed by atoms with Crippen LogP contribution in [0.4, 0.5) is 0 Å². The number of aromatic nitrogens is 3. The second-order valence-corrected chi connectivity index (χ2v) is 5.73. The van der Waals surface area contributed by atoms with E-state index in [0.29, 0.717) is 6.54 Å². The van der Waals surface area contributed by atoms with Crippen molar-refractivity contribution >= 4 is 22.4 Å². The lowest BCUT2D eigenvalue weighted by Crippen LogP contribution is -2.13. The van der Waals surface area contributed by atoms with Gasteiger partial charge >= 0.3 is 0 Å². The van der Waals surface area contributed by atoms with E-state index < -0.39 is 0 Å². The third kappa shape index (κ3) is 3.00. The van der Waals surface area contributed by atoms with Gasteiger partial charge < -0.3 is 5.32 Å². The third-order valence-corrected chi connectivity index (χ3v) is 4.17. The second kappa shape index (κ2) is 6.07. The smallest absolute Gasteiger partial charge is 0.107 e. The predicted molar refractivity (Wildman–Crippen MR) is 81.6 cm³/mol. The van der Waals surface area contributed by atoms with Crippen molar-refractivity contribution in [2.24, 2.45) is 0 Å². The van der Waals surface area contributed by atoms with Crippen molar-refractivity contribution in [3.8, 4) is 0 Å². The summed E-state index contributed by atoms with van der Waals surface area (Å²) in [5.41, 5.74) is 2.83. The molecule has 0 fully saturated rings. The molecule has 0 saturated carbocycles. The highest BCUT2D eigenvalue weighted by Crippen LogP contribution is 2.13. The Kier molecular flexibility index (Phi) is 3.99. The van der Waals surface area contributed by atoms with Crippen LogP contribution in [0.2, 0.25) is 0 Å². The molecule has 3 aromatic rings. The Morgan fingerprint density at radius 2 is 1.90 bits per heavy atom. The molecule has 0 radical (unpaired) electrons. The average Bonchev–Trinajstić information content (AvgIpc) is 2.95. The highest BCUT2D eigenvalue weighted by molar-refractivity contribution is 7.11. The number of fused-ring (bicyclic) bond motifs is 1. The van der Waals surface area contributed by atoms with Gasteiger partial charge in [0.1, 0.15) is 5.01 Å². The molecule has 5 heteroatoms. The fourth-order valence-electron chi connectivity index (χ4n) is 1.97. The topological polar surface area (TPSA) is 50.7 Å². The first-order chi connectivity index (χ1) is 9.85. The molecule has 0 amide bonds. The Labute approximate surface area is 121 Å². The minimum atomic E-state index is 0.707. The molecule has 20 heavy (non-hydrogen) atoms. The Hall–Kier alpha value is -1.85. The van der Waals surface area contributed by atoms with Crippen LogP contribution in [0.25, 0.3) is 11.0 Å². The number of nitrogens with zero attached hydrogens (tertiary/aromatic N) is 3. The van der Waals surface area contributed by atoms with Crippen LogP contribution < -0.4 is 5.32 Å². The van der Waals surface area contributed by atoms with Crippen molar-refractivity contribution in [3.05, 3.63) is 52.2 Å². The van der Waals surface area contributed by atoms with Gasteiger partial charge in [0.15, 0.2) is 0 Å². The normalized spacial score (nSPS) is 11.1. The van der Waals surface area contributed by atoms with Crippen molar-refractivity contribution < 1.29 is 0 Å². The van der Waals surface area contributed by atoms with E-state index in [-0.39, 0.29) is 0 Å². The molecule has 2 heterocycles. The van der Waals surface area contributed by atoms with E-state index in [2.05, 4.69) is 27.2 Å². The lowest BCUT2D eigenvalue weighted by atomic mass is 10.3. The molecule has 0 aliphatic carbocycles. The zero-order chi connectivity index (χ0) is 13.8. The minimum absolute atomic E-state index is 0.707. The van der Waals surface area contributed by atoms with Gasteiger partial charge in [-0.05, 0) is 18.6 Å². The molecule has 1 aromatic carbocycles. The first-order valence-corrected chi connectivity index (χ1v) is 7.52. The molecule has 0 atom stereocenters. The lowest BCUT2D eigenvalue weighted by Gasteiger charge is -2.03. The van der Waals surface area contributed by atoms with Crippen LogP contribution in [-0.4, -0.2) is 15.0 Å². The number of rotatable bonds is 5. The number of para-hydroxylation sites is 2. The maximum atomic E-state index is 4.59. The summed E-state index contributed by atoms with van der Waals surface area (Å²) in [7, 11) is 0. The predicted octanol–water partition coefficient (Wildman–Crippen LogP) is 2.94. The van der Waals surface area contributed by atoms with Crippen molar-refractivity contribution in [2.75, 3.05) is 0 Å². The fourth-order valence-corrected chi connectivity index (χ4v) is 2.80.